The van der Waals surface area contributed by atoms with E-state index in [0.29, 0.717) is 5.95 Å². The van der Waals surface area contributed by atoms with Crippen LogP contribution in [0.15, 0.2) is 36.5 Å². The molecule has 120 valence electrons. The summed E-state index contributed by atoms with van der Waals surface area (Å²) in [6, 6.07) is 10.3. The van der Waals surface area contributed by atoms with Crippen molar-refractivity contribution in [3.8, 4) is 0 Å². The van der Waals surface area contributed by atoms with Crippen molar-refractivity contribution in [3.05, 3.63) is 47.8 Å². The van der Waals surface area contributed by atoms with E-state index in [1.165, 1.54) is 16.5 Å². The van der Waals surface area contributed by atoms with Crippen LogP contribution in [-0.4, -0.2) is 28.0 Å². The van der Waals surface area contributed by atoms with Crippen molar-refractivity contribution in [2.75, 3.05) is 23.7 Å². The molecule has 23 heavy (non-hydrogen) atoms. The van der Waals surface area contributed by atoms with Crippen LogP contribution in [0.2, 0.25) is 0 Å². The first-order chi connectivity index (χ1) is 11.3. The zero-order chi connectivity index (χ0) is 16.1. The van der Waals surface area contributed by atoms with E-state index in [2.05, 4.69) is 56.9 Å². The Labute approximate surface area is 136 Å². The van der Waals surface area contributed by atoms with E-state index in [1.54, 1.807) is 0 Å². The van der Waals surface area contributed by atoms with Crippen LogP contribution in [0.25, 0.3) is 10.9 Å². The molecule has 0 fully saturated rings. The van der Waals surface area contributed by atoms with Crippen molar-refractivity contribution in [2.24, 2.45) is 0 Å². The summed E-state index contributed by atoms with van der Waals surface area (Å²) in [5.41, 5.74) is 3.46. The van der Waals surface area contributed by atoms with Gasteiger partial charge >= 0.3 is 0 Å². The molecule has 0 aliphatic heterocycles. The topological polar surface area (TPSA) is 65.6 Å². The van der Waals surface area contributed by atoms with Crippen molar-refractivity contribution >= 4 is 22.7 Å². The van der Waals surface area contributed by atoms with E-state index in [4.69, 9.17) is 0 Å². The largest absolute Gasteiger partial charge is 0.370 e. The molecular weight excluding hydrogens is 286 g/mol. The van der Waals surface area contributed by atoms with Crippen LogP contribution in [0.3, 0.4) is 0 Å². The lowest BCUT2D eigenvalue weighted by Crippen LogP contribution is -2.10. The van der Waals surface area contributed by atoms with Crippen LogP contribution in [0.4, 0.5) is 11.8 Å². The van der Waals surface area contributed by atoms with Gasteiger partial charge in [-0.15, -0.1) is 0 Å². The number of nitrogens with one attached hydrogen (secondary N) is 3. The molecule has 2 heterocycles. The number of aryl methyl sites for hydroxylation is 1. The van der Waals surface area contributed by atoms with Gasteiger partial charge in [0.1, 0.15) is 5.82 Å². The molecule has 3 N–H and O–H groups in total. The average molecular weight is 309 g/mol. The maximum absolute atomic E-state index is 4.51. The summed E-state index contributed by atoms with van der Waals surface area (Å²) in [5.74, 6) is 1.57. The number of hydrogen-bond acceptors (Lipinski definition) is 4. The first-order valence-electron chi connectivity index (χ1n) is 8.14. The monoisotopic (exact) mass is 309 g/mol. The molecule has 3 aromatic rings. The number of rotatable bonds is 7. The van der Waals surface area contributed by atoms with E-state index in [0.717, 1.165) is 37.4 Å². The molecule has 0 saturated heterocycles. The Bertz CT molecular complexity index is 778. The first kappa shape index (κ1) is 15.3. The molecule has 0 aliphatic rings. The van der Waals surface area contributed by atoms with E-state index >= 15 is 0 Å². The summed E-state index contributed by atoms with van der Waals surface area (Å²) in [6.45, 7) is 5.86. The van der Waals surface area contributed by atoms with Gasteiger partial charge in [0.2, 0.25) is 5.95 Å². The third kappa shape index (κ3) is 3.80. The van der Waals surface area contributed by atoms with E-state index in [9.17, 15) is 0 Å². The number of benzene rings is 1. The standard InChI is InChI=1S/C18H23N5/c1-3-9-19-17-11-13(2)22-18(23-17)20-10-8-14-12-21-16-7-5-4-6-15(14)16/h4-7,11-12,21H,3,8-10H2,1-2H3,(H2,19,20,22,23). The molecule has 0 saturated carbocycles. The fourth-order valence-electron chi connectivity index (χ4n) is 2.64. The molecule has 0 spiro atoms. The molecule has 5 nitrogen and oxygen atoms in total. The van der Waals surface area contributed by atoms with Crippen molar-refractivity contribution in [1.29, 1.82) is 0 Å². The fraction of sp³-hybridized carbons (Fsp3) is 0.333. The molecule has 0 amide bonds. The van der Waals surface area contributed by atoms with Crippen molar-refractivity contribution in [3.63, 3.8) is 0 Å². The van der Waals surface area contributed by atoms with Gasteiger partial charge in [-0.25, -0.2) is 4.98 Å². The summed E-state index contributed by atoms with van der Waals surface area (Å²) in [6.07, 6.45) is 4.09. The SMILES string of the molecule is CCCNc1cc(C)nc(NCCc2c[nH]c3ccccc23)n1. The van der Waals surface area contributed by atoms with Gasteiger partial charge in [0, 0.05) is 41.9 Å². The third-order valence-electron chi connectivity index (χ3n) is 3.76. The second kappa shape index (κ2) is 7.13. The minimum atomic E-state index is 0.684. The number of aromatic nitrogens is 3. The lowest BCUT2D eigenvalue weighted by molar-refractivity contribution is 0.948. The minimum absolute atomic E-state index is 0.684. The fourth-order valence-corrected chi connectivity index (χ4v) is 2.64. The van der Waals surface area contributed by atoms with E-state index in [1.807, 2.05) is 19.1 Å². The second-order valence-corrected chi connectivity index (χ2v) is 5.68. The van der Waals surface area contributed by atoms with Gasteiger partial charge in [0.25, 0.3) is 0 Å². The van der Waals surface area contributed by atoms with Gasteiger partial charge in [0.15, 0.2) is 0 Å². The molecular formula is C18H23N5. The van der Waals surface area contributed by atoms with Crippen LogP contribution in [-0.2, 0) is 6.42 Å². The van der Waals surface area contributed by atoms with Crippen molar-refractivity contribution in [1.82, 2.24) is 15.0 Å². The quantitative estimate of drug-likeness (QED) is 0.622. The maximum atomic E-state index is 4.51. The van der Waals surface area contributed by atoms with Crippen LogP contribution in [0.5, 0.6) is 0 Å². The summed E-state index contributed by atoms with van der Waals surface area (Å²) >= 11 is 0. The molecule has 1 aromatic carbocycles. The Hall–Kier alpha value is -2.56. The van der Waals surface area contributed by atoms with Gasteiger partial charge < -0.3 is 15.6 Å². The molecule has 0 unspecified atom stereocenters. The lowest BCUT2D eigenvalue weighted by atomic mass is 10.1. The van der Waals surface area contributed by atoms with Gasteiger partial charge in [-0.3, -0.25) is 0 Å². The number of para-hydroxylation sites is 1. The Morgan fingerprint density at radius 3 is 2.83 bits per heavy atom. The molecule has 0 atom stereocenters. The zero-order valence-corrected chi connectivity index (χ0v) is 13.7. The highest BCUT2D eigenvalue weighted by Gasteiger charge is 2.04. The average Bonchev–Trinajstić information content (AvgIpc) is 2.96. The highest BCUT2D eigenvalue weighted by molar-refractivity contribution is 5.83. The first-order valence-corrected chi connectivity index (χ1v) is 8.14. The Morgan fingerprint density at radius 2 is 1.96 bits per heavy atom. The normalized spacial score (nSPS) is 10.9. The molecule has 0 bridgehead atoms. The van der Waals surface area contributed by atoms with Gasteiger partial charge in [-0.1, -0.05) is 25.1 Å². The maximum Gasteiger partial charge on any atom is 0.224 e. The summed E-state index contributed by atoms with van der Waals surface area (Å²) in [4.78, 5) is 12.3. The van der Waals surface area contributed by atoms with Gasteiger partial charge in [-0.2, -0.15) is 4.98 Å². The smallest absolute Gasteiger partial charge is 0.224 e. The van der Waals surface area contributed by atoms with Crippen LogP contribution < -0.4 is 10.6 Å². The molecule has 2 aromatic heterocycles. The third-order valence-corrected chi connectivity index (χ3v) is 3.76. The second-order valence-electron chi connectivity index (χ2n) is 5.68. The number of anilines is 2. The lowest BCUT2D eigenvalue weighted by Gasteiger charge is -2.09. The summed E-state index contributed by atoms with van der Waals surface area (Å²) < 4.78 is 0. The van der Waals surface area contributed by atoms with Crippen LogP contribution >= 0.6 is 0 Å². The van der Waals surface area contributed by atoms with E-state index < -0.39 is 0 Å². The number of fused-ring (bicyclic) bond motifs is 1. The predicted octanol–water partition coefficient (Wildman–Crippen LogP) is 3.74. The molecule has 0 radical (unpaired) electrons. The van der Waals surface area contributed by atoms with Gasteiger partial charge in [0.05, 0.1) is 0 Å². The van der Waals surface area contributed by atoms with Crippen LogP contribution in [0, 0.1) is 6.92 Å². The summed E-state index contributed by atoms with van der Waals surface area (Å²) in [7, 11) is 0. The van der Waals surface area contributed by atoms with Gasteiger partial charge in [-0.05, 0) is 31.4 Å². The highest BCUT2D eigenvalue weighted by atomic mass is 15.1. The van der Waals surface area contributed by atoms with Crippen molar-refractivity contribution < 1.29 is 0 Å². The number of aromatic amines is 1. The van der Waals surface area contributed by atoms with Crippen LogP contribution in [0.1, 0.15) is 24.6 Å². The Morgan fingerprint density at radius 1 is 1.09 bits per heavy atom. The Balaban J connectivity index is 1.63. The molecule has 5 heteroatoms. The summed E-state index contributed by atoms with van der Waals surface area (Å²) in [5, 5.41) is 7.92. The van der Waals surface area contributed by atoms with E-state index in [-0.39, 0.29) is 0 Å². The van der Waals surface area contributed by atoms with Crippen molar-refractivity contribution in [2.45, 2.75) is 26.7 Å². The molecule has 0 aliphatic carbocycles. The number of nitrogens with zero attached hydrogens (tertiary/aromatic N) is 2. The zero-order valence-electron chi connectivity index (χ0n) is 13.7. The molecule has 3 rings (SSSR count). The Kier molecular flexibility index (Phi) is 4.76. The predicted molar refractivity (Wildman–Crippen MR) is 96.0 cm³/mol. The number of hydrogen-bond donors (Lipinski definition) is 3. The number of H-pyrrole nitrogens is 1. The minimum Gasteiger partial charge on any atom is -0.370 e. The highest BCUT2D eigenvalue weighted by Crippen LogP contribution is 2.18.